The van der Waals surface area contributed by atoms with Crippen molar-refractivity contribution in [3.05, 3.63) is 0 Å². The third-order valence-electron chi connectivity index (χ3n) is 5.25. The number of hydrogen-bond acceptors (Lipinski definition) is 2. The molecule has 2 atom stereocenters. The van der Waals surface area contributed by atoms with Crippen molar-refractivity contribution in [2.24, 2.45) is 11.3 Å². The van der Waals surface area contributed by atoms with E-state index in [1.54, 1.807) is 0 Å². The highest BCUT2D eigenvalue weighted by molar-refractivity contribution is 4.90. The molecule has 2 heteroatoms. The molecule has 0 bridgehead atoms. The van der Waals surface area contributed by atoms with Gasteiger partial charge >= 0.3 is 0 Å². The van der Waals surface area contributed by atoms with Crippen LogP contribution in [0.15, 0.2) is 0 Å². The van der Waals surface area contributed by atoms with Crippen LogP contribution in [0.4, 0.5) is 0 Å². The summed E-state index contributed by atoms with van der Waals surface area (Å²) in [7, 11) is 1.88. The van der Waals surface area contributed by atoms with E-state index in [0.717, 1.165) is 5.92 Å². The van der Waals surface area contributed by atoms with Gasteiger partial charge in [0.05, 0.1) is 6.10 Å². The van der Waals surface area contributed by atoms with Crippen LogP contribution in [0.25, 0.3) is 0 Å². The summed E-state index contributed by atoms with van der Waals surface area (Å²) in [5.74, 6) is 0.824. The Hall–Kier alpha value is -0.0800. The maximum absolute atomic E-state index is 5.67. The van der Waals surface area contributed by atoms with Crippen LogP contribution in [0.2, 0.25) is 0 Å². The molecule has 0 aromatic heterocycles. The Morgan fingerprint density at radius 3 is 2.42 bits per heavy atom. The Kier molecular flexibility index (Phi) is 5.70. The average molecular weight is 267 g/mol. The van der Waals surface area contributed by atoms with Crippen molar-refractivity contribution in [1.29, 1.82) is 0 Å². The van der Waals surface area contributed by atoms with E-state index in [1.165, 1.54) is 64.3 Å². The fourth-order valence-corrected chi connectivity index (χ4v) is 4.40. The first-order chi connectivity index (χ1) is 9.15. The van der Waals surface area contributed by atoms with Crippen LogP contribution in [-0.2, 0) is 4.74 Å². The molecule has 0 amide bonds. The zero-order chi connectivity index (χ0) is 13.7. The Balaban J connectivity index is 1.87. The topological polar surface area (TPSA) is 21.3 Å². The summed E-state index contributed by atoms with van der Waals surface area (Å²) in [6.07, 6.45) is 12.8. The average Bonchev–Trinajstić information content (AvgIpc) is 2.85. The van der Waals surface area contributed by atoms with Gasteiger partial charge in [0.2, 0.25) is 0 Å². The monoisotopic (exact) mass is 267 g/mol. The Bertz CT molecular complexity index is 258. The standard InChI is InChI=1S/C17H33NO/c1-14(2)12-17(10-6-7-11-17)13-18-15-8-4-5-9-16(15)19-3/h14-16,18H,4-13H2,1-3H3. The van der Waals surface area contributed by atoms with Crippen molar-refractivity contribution in [3.63, 3.8) is 0 Å². The van der Waals surface area contributed by atoms with E-state index in [2.05, 4.69) is 19.2 Å². The van der Waals surface area contributed by atoms with Gasteiger partial charge in [0.25, 0.3) is 0 Å². The molecular weight excluding hydrogens is 234 g/mol. The smallest absolute Gasteiger partial charge is 0.0724 e. The first-order valence-electron chi connectivity index (χ1n) is 8.41. The fraction of sp³-hybridized carbons (Fsp3) is 1.00. The highest BCUT2D eigenvalue weighted by atomic mass is 16.5. The van der Waals surface area contributed by atoms with Gasteiger partial charge in [-0.3, -0.25) is 0 Å². The van der Waals surface area contributed by atoms with E-state index < -0.39 is 0 Å². The van der Waals surface area contributed by atoms with Crippen LogP contribution in [0.5, 0.6) is 0 Å². The maximum atomic E-state index is 5.67. The van der Waals surface area contributed by atoms with Gasteiger partial charge in [-0.25, -0.2) is 0 Å². The third-order valence-corrected chi connectivity index (χ3v) is 5.25. The van der Waals surface area contributed by atoms with Crippen molar-refractivity contribution in [3.8, 4) is 0 Å². The molecule has 2 rings (SSSR count). The number of methoxy groups -OCH3 is 1. The molecule has 0 radical (unpaired) electrons. The zero-order valence-electron chi connectivity index (χ0n) is 13.2. The van der Waals surface area contributed by atoms with Gasteiger partial charge in [-0.05, 0) is 43.4 Å². The lowest BCUT2D eigenvalue weighted by Gasteiger charge is -2.37. The SMILES string of the molecule is COC1CCCCC1NCC1(CC(C)C)CCCC1. The van der Waals surface area contributed by atoms with Crippen LogP contribution in [-0.4, -0.2) is 25.8 Å². The molecule has 1 N–H and O–H groups in total. The molecule has 2 unspecified atom stereocenters. The summed E-state index contributed by atoms with van der Waals surface area (Å²) in [5.41, 5.74) is 0.587. The first-order valence-corrected chi connectivity index (χ1v) is 8.41. The lowest BCUT2D eigenvalue weighted by Crippen LogP contribution is -2.47. The highest BCUT2D eigenvalue weighted by Gasteiger charge is 2.35. The molecule has 112 valence electrons. The van der Waals surface area contributed by atoms with Gasteiger partial charge < -0.3 is 10.1 Å². The minimum Gasteiger partial charge on any atom is -0.380 e. The predicted octanol–water partition coefficient (Wildman–Crippen LogP) is 4.14. The Morgan fingerprint density at radius 1 is 1.11 bits per heavy atom. The molecule has 19 heavy (non-hydrogen) atoms. The van der Waals surface area contributed by atoms with Crippen molar-refractivity contribution in [1.82, 2.24) is 5.32 Å². The van der Waals surface area contributed by atoms with E-state index in [0.29, 0.717) is 17.6 Å². The van der Waals surface area contributed by atoms with E-state index in [-0.39, 0.29) is 0 Å². The van der Waals surface area contributed by atoms with E-state index in [1.807, 2.05) is 7.11 Å². The summed E-state index contributed by atoms with van der Waals surface area (Å²) in [5, 5.41) is 3.89. The fourth-order valence-electron chi connectivity index (χ4n) is 4.40. The molecule has 2 saturated carbocycles. The minimum absolute atomic E-state index is 0.450. The molecule has 2 aliphatic carbocycles. The van der Waals surface area contributed by atoms with Gasteiger partial charge in [0.1, 0.15) is 0 Å². The summed E-state index contributed by atoms with van der Waals surface area (Å²) >= 11 is 0. The molecule has 0 aromatic rings. The van der Waals surface area contributed by atoms with E-state index >= 15 is 0 Å². The summed E-state index contributed by atoms with van der Waals surface area (Å²) < 4.78 is 5.67. The molecular formula is C17H33NO. The number of hydrogen-bond donors (Lipinski definition) is 1. The normalized spacial score (nSPS) is 30.9. The quantitative estimate of drug-likeness (QED) is 0.781. The van der Waals surface area contributed by atoms with Gasteiger partial charge in [0.15, 0.2) is 0 Å². The molecule has 0 spiro atoms. The molecule has 2 nitrogen and oxygen atoms in total. The van der Waals surface area contributed by atoms with E-state index in [9.17, 15) is 0 Å². The molecule has 0 aromatic carbocycles. The summed E-state index contributed by atoms with van der Waals surface area (Å²) in [4.78, 5) is 0. The predicted molar refractivity (Wildman–Crippen MR) is 81.4 cm³/mol. The number of nitrogens with one attached hydrogen (secondary N) is 1. The van der Waals surface area contributed by atoms with Crippen LogP contribution < -0.4 is 5.32 Å². The Morgan fingerprint density at radius 2 is 1.79 bits per heavy atom. The van der Waals surface area contributed by atoms with Gasteiger partial charge in [-0.2, -0.15) is 0 Å². The van der Waals surface area contributed by atoms with Gasteiger partial charge in [-0.15, -0.1) is 0 Å². The third kappa shape index (κ3) is 4.19. The lowest BCUT2D eigenvalue weighted by atomic mass is 9.78. The van der Waals surface area contributed by atoms with E-state index in [4.69, 9.17) is 4.74 Å². The zero-order valence-corrected chi connectivity index (χ0v) is 13.2. The van der Waals surface area contributed by atoms with Crippen molar-refractivity contribution in [2.45, 2.75) is 83.8 Å². The van der Waals surface area contributed by atoms with Crippen LogP contribution in [0.3, 0.4) is 0 Å². The largest absolute Gasteiger partial charge is 0.380 e. The number of rotatable bonds is 6. The second-order valence-electron chi connectivity index (χ2n) is 7.35. The van der Waals surface area contributed by atoms with Gasteiger partial charge in [-0.1, -0.05) is 39.5 Å². The summed E-state index contributed by atoms with van der Waals surface area (Å²) in [6, 6.07) is 0.600. The van der Waals surface area contributed by atoms with Crippen molar-refractivity contribution >= 4 is 0 Å². The second kappa shape index (κ2) is 7.08. The first kappa shape index (κ1) is 15.3. The van der Waals surface area contributed by atoms with Crippen LogP contribution in [0, 0.1) is 11.3 Å². The molecule has 2 aliphatic rings. The number of ether oxygens (including phenoxy) is 1. The maximum Gasteiger partial charge on any atom is 0.0724 e. The minimum atomic E-state index is 0.450. The second-order valence-corrected chi connectivity index (χ2v) is 7.35. The molecule has 2 fully saturated rings. The summed E-state index contributed by atoms with van der Waals surface area (Å²) in [6.45, 7) is 5.97. The van der Waals surface area contributed by atoms with Crippen LogP contribution >= 0.6 is 0 Å². The molecule has 0 saturated heterocycles. The van der Waals surface area contributed by atoms with Gasteiger partial charge in [0, 0.05) is 19.7 Å². The molecule has 0 aliphatic heterocycles. The molecule has 0 heterocycles. The lowest BCUT2D eigenvalue weighted by molar-refractivity contribution is 0.0363. The van der Waals surface area contributed by atoms with Crippen LogP contribution in [0.1, 0.15) is 71.6 Å². The highest BCUT2D eigenvalue weighted by Crippen LogP contribution is 2.42. The Labute approximate surface area is 119 Å². The van der Waals surface area contributed by atoms with Crippen molar-refractivity contribution in [2.75, 3.05) is 13.7 Å². The van der Waals surface area contributed by atoms with Crippen molar-refractivity contribution < 1.29 is 4.74 Å².